The van der Waals surface area contributed by atoms with Gasteiger partial charge in [-0.25, -0.2) is 0 Å². The molecule has 78 valence electrons. The maximum atomic E-state index is 9.66. The van der Waals surface area contributed by atoms with Crippen molar-refractivity contribution in [2.75, 3.05) is 7.11 Å². The van der Waals surface area contributed by atoms with E-state index in [2.05, 4.69) is 0 Å². The molecular weight excluding hydrogens is 176 g/mol. The summed E-state index contributed by atoms with van der Waals surface area (Å²) in [7, 11) is 1.37. The molecule has 0 aromatic rings. The normalized spacial score (nSPS) is 52.2. The summed E-state index contributed by atoms with van der Waals surface area (Å²) in [5, 5.41) is 28.5. The van der Waals surface area contributed by atoms with Gasteiger partial charge in [-0.15, -0.1) is 0 Å². The van der Waals surface area contributed by atoms with Crippen LogP contribution in [0.5, 0.6) is 0 Å². The third-order valence-corrected chi connectivity index (χ3v) is 2.68. The van der Waals surface area contributed by atoms with Gasteiger partial charge in [-0.1, -0.05) is 0 Å². The van der Waals surface area contributed by atoms with Crippen molar-refractivity contribution in [2.24, 2.45) is 0 Å². The molecule has 0 bridgehead atoms. The molecule has 1 saturated heterocycles. The van der Waals surface area contributed by atoms with Gasteiger partial charge in [-0.05, 0) is 13.8 Å². The quantitative estimate of drug-likeness (QED) is 0.489. The maximum absolute atomic E-state index is 9.66. The Morgan fingerprint density at radius 3 is 2.23 bits per heavy atom. The van der Waals surface area contributed by atoms with E-state index in [1.165, 1.54) is 14.0 Å². The number of rotatable bonds is 1. The van der Waals surface area contributed by atoms with Crippen LogP contribution in [0.2, 0.25) is 0 Å². The Labute approximate surface area is 76.9 Å². The highest BCUT2D eigenvalue weighted by molar-refractivity contribution is 4.98. The van der Waals surface area contributed by atoms with E-state index < -0.39 is 30.2 Å². The molecule has 0 radical (unpaired) electrons. The van der Waals surface area contributed by atoms with Gasteiger partial charge in [-0.2, -0.15) is 0 Å². The molecule has 0 spiro atoms. The number of aliphatic hydroxyl groups excluding tert-OH is 3. The van der Waals surface area contributed by atoms with Gasteiger partial charge in [0.05, 0.1) is 6.10 Å². The molecule has 5 unspecified atom stereocenters. The smallest absolute Gasteiger partial charge is 0.184 e. The lowest BCUT2D eigenvalue weighted by Crippen LogP contribution is -2.65. The molecule has 3 N–H and O–H groups in total. The Balaban J connectivity index is 2.88. The summed E-state index contributed by atoms with van der Waals surface area (Å²) in [6, 6.07) is 0. The average molecular weight is 192 g/mol. The maximum Gasteiger partial charge on any atom is 0.184 e. The first-order valence-corrected chi connectivity index (χ1v) is 4.18. The van der Waals surface area contributed by atoms with Gasteiger partial charge in [0.25, 0.3) is 0 Å². The van der Waals surface area contributed by atoms with Crippen LogP contribution in [0.4, 0.5) is 0 Å². The van der Waals surface area contributed by atoms with Gasteiger partial charge >= 0.3 is 0 Å². The van der Waals surface area contributed by atoms with E-state index >= 15 is 0 Å². The van der Waals surface area contributed by atoms with Crippen molar-refractivity contribution >= 4 is 0 Å². The molecule has 0 aromatic heterocycles. The van der Waals surface area contributed by atoms with Crippen LogP contribution in [-0.2, 0) is 9.47 Å². The van der Waals surface area contributed by atoms with Gasteiger partial charge in [0.15, 0.2) is 6.29 Å². The minimum atomic E-state index is -1.32. The molecule has 5 nitrogen and oxygen atoms in total. The van der Waals surface area contributed by atoms with E-state index in [0.29, 0.717) is 0 Å². The van der Waals surface area contributed by atoms with Crippen molar-refractivity contribution in [1.29, 1.82) is 0 Å². The lowest BCUT2D eigenvalue weighted by molar-refractivity contribution is -0.314. The van der Waals surface area contributed by atoms with Crippen molar-refractivity contribution in [3.63, 3.8) is 0 Å². The van der Waals surface area contributed by atoms with Crippen molar-refractivity contribution in [3.05, 3.63) is 0 Å². The van der Waals surface area contributed by atoms with Gasteiger partial charge in [-0.3, -0.25) is 0 Å². The second kappa shape index (κ2) is 3.51. The van der Waals surface area contributed by atoms with Gasteiger partial charge in [0.1, 0.15) is 17.8 Å². The number of hydrogen-bond acceptors (Lipinski definition) is 5. The van der Waals surface area contributed by atoms with E-state index in [0.717, 1.165) is 0 Å². The van der Waals surface area contributed by atoms with Crippen LogP contribution in [0, 0.1) is 0 Å². The zero-order valence-electron chi connectivity index (χ0n) is 7.97. The minimum absolute atomic E-state index is 0.566. The summed E-state index contributed by atoms with van der Waals surface area (Å²) in [6.45, 7) is 3.14. The van der Waals surface area contributed by atoms with Gasteiger partial charge < -0.3 is 24.8 Å². The van der Waals surface area contributed by atoms with Gasteiger partial charge in [0, 0.05) is 7.11 Å². The SMILES string of the molecule is COC1(C)C(O)C(C)OC(O)C1O. The first-order valence-electron chi connectivity index (χ1n) is 4.18. The topological polar surface area (TPSA) is 79.2 Å². The van der Waals surface area contributed by atoms with Crippen molar-refractivity contribution < 1.29 is 24.8 Å². The summed E-state index contributed by atoms with van der Waals surface area (Å²) in [4.78, 5) is 0. The largest absolute Gasteiger partial charge is 0.387 e. The molecule has 0 aromatic carbocycles. The monoisotopic (exact) mass is 192 g/mol. The minimum Gasteiger partial charge on any atom is -0.387 e. The van der Waals surface area contributed by atoms with Crippen LogP contribution in [0.3, 0.4) is 0 Å². The van der Waals surface area contributed by atoms with Crippen LogP contribution >= 0.6 is 0 Å². The molecule has 13 heavy (non-hydrogen) atoms. The zero-order chi connectivity index (χ0) is 10.2. The summed E-state index contributed by atoms with van der Waals surface area (Å²) in [6.07, 6.45) is -4.09. The molecule has 1 aliphatic heterocycles. The second-order valence-corrected chi connectivity index (χ2v) is 3.51. The fraction of sp³-hybridized carbons (Fsp3) is 1.00. The molecule has 5 heteroatoms. The second-order valence-electron chi connectivity index (χ2n) is 3.51. The Morgan fingerprint density at radius 2 is 1.77 bits per heavy atom. The van der Waals surface area contributed by atoms with E-state index in [9.17, 15) is 15.3 Å². The number of ether oxygens (including phenoxy) is 2. The van der Waals surface area contributed by atoms with E-state index in [4.69, 9.17) is 9.47 Å². The van der Waals surface area contributed by atoms with E-state index in [1.54, 1.807) is 6.92 Å². The van der Waals surface area contributed by atoms with Crippen LogP contribution in [0.15, 0.2) is 0 Å². The predicted octanol–water partition coefficient (Wildman–Crippen LogP) is -1.15. The Bertz CT molecular complexity index is 169. The van der Waals surface area contributed by atoms with Crippen LogP contribution in [0.1, 0.15) is 13.8 Å². The predicted molar refractivity (Wildman–Crippen MR) is 44.0 cm³/mol. The Hall–Kier alpha value is -0.200. The highest BCUT2D eigenvalue weighted by Gasteiger charge is 2.51. The lowest BCUT2D eigenvalue weighted by atomic mass is 9.86. The molecule has 0 aliphatic carbocycles. The molecule has 1 fully saturated rings. The van der Waals surface area contributed by atoms with Crippen molar-refractivity contribution in [2.45, 2.75) is 44.1 Å². The third-order valence-electron chi connectivity index (χ3n) is 2.68. The first-order chi connectivity index (χ1) is 5.93. The summed E-state index contributed by atoms with van der Waals surface area (Å²) >= 11 is 0. The zero-order valence-corrected chi connectivity index (χ0v) is 7.97. The molecule has 1 heterocycles. The molecule has 0 amide bonds. The fourth-order valence-corrected chi connectivity index (χ4v) is 1.53. The highest BCUT2D eigenvalue weighted by atomic mass is 16.6. The summed E-state index contributed by atoms with van der Waals surface area (Å²) < 4.78 is 9.89. The van der Waals surface area contributed by atoms with E-state index in [-0.39, 0.29) is 0 Å². The highest BCUT2D eigenvalue weighted by Crippen LogP contribution is 2.31. The summed E-state index contributed by atoms with van der Waals surface area (Å²) in [5.74, 6) is 0. The molecular formula is C8H16O5. The van der Waals surface area contributed by atoms with Crippen LogP contribution in [0.25, 0.3) is 0 Å². The van der Waals surface area contributed by atoms with E-state index in [1.807, 2.05) is 0 Å². The molecule has 1 aliphatic rings. The van der Waals surface area contributed by atoms with Crippen molar-refractivity contribution in [3.8, 4) is 0 Å². The van der Waals surface area contributed by atoms with Crippen LogP contribution < -0.4 is 0 Å². The number of aliphatic hydroxyl groups is 3. The van der Waals surface area contributed by atoms with Crippen LogP contribution in [-0.4, -0.2) is 52.6 Å². The van der Waals surface area contributed by atoms with Crippen molar-refractivity contribution in [1.82, 2.24) is 0 Å². The molecule has 0 saturated carbocycles. The summed E-state index contributed by atoms with van der Waals surface area (Å²) in [5.41, 5.74) is -1.18. The Kier molecular flexibility index (Phi) is 2.94. The Morgan fingerprint density at radius 1 is 1.23 bits per heavy atom. The standard InChI is InChI=1S/C8H16O5/c1-4-5(9)8(2,12-3)6(10)7(11)13-4/h4-7,9-11H,1-3H3. The first kappa shape index (κ1) is 10.9. The molecule has 5 atom stereocenters. The molecule has 1 rings (SSSR count). The fourth-order valence-electron chi connectivity index (χ4n) is 1.53. The average Bonchev–Trinajstić information content (AvgIpc) is 2.12. The third kappa shape index (κ3) is 1.58. The lowest BCUT2D eigenvalue weighted by Gasteiger charge is -2.46. The number of hydrogen-bond donors (Lipinski definition) is 3. The number of methoxy groups -OCH3 is 1. The van der Waals surface area contributed by atoms with Gasteiger partial charge in [0.2, 0.25) is 0 Å².